The molecule has 3 aliphatic heterocycles. The number of fused-ring (bicyclic) bond motifs is 2. The minimum Gasteiger partial charge on any atom is -0.490 e. The Hall–Kier alpha value is -6.40. The van der Waals surface area contributed by atoms with Crippen molar-refractivity contribution in [2.75, 3.05) is 24.5 Å². The van der Waals surface area contributed by atoms with Gasteiger partial charge in [-0.1, -0.05) is 27.7 Å². The summed E-state index contributed by atoms with van der Waals surface area (Å²) < 4.78 is 13.1. The molecule has 338 valence electrons. The van der Waals surface area contributed by atoms with Crippen LogP contribution in [0.1, 0.15) is 128 Å². The molecular weight excluding hydrogens is 825 g/mol. The van der Waals surface area contributed by atoms with Gasteiger partial charge in [-0.05, 0) is 93.6 Å². The highest BCUT2D eigenvalue weighted by molar-refractivity contribution is 6.23. The Kier molecular flexibility index (Phi) is 11.2. The van der Waals surface area contributed by atoms with Crippen LogP contribution in [0.4, 0.5) is 5.82 Å². The first kappa shape index (κ1) is 43.8. The first-order valence-electron chi connectivity index (χ1n) is 22.8. The molecule has 5 amide bonds. The smallest absolute Gasteiger partial charge is 0.262 e. The number of pyridine rings is 2. The molecule has 4 fully saturated rings. The maximum absolute atomic E-state index is 13.4. The zero-order valence-corrected chi connectivity index (χ0v) is 37.8. The van der Waals surface area contributed by atoms with Crippen molar-refractivity contribution < 1.29 is 33.4 Å². The molecule has 2 aromatic heterocycles. The summed E-state index contributed by atoms with van der Waals surface area (Å²) in [6, 6.07) is 17.9. The fraction of sp³-hybridized carbons (Fsp3) is 0.480. The number of nitrogens with zero attached hydrogens (tertiary/aromatic N) is 6. The second kappa shape index (κ2) is 16.5. The molecule has 2 aliphatic carbocycles. The third-order valence-corrected chi connectivity index (χ3v) is 14.7. The summed E-state index contributed by atoms with van der Waals surface area (Å²) in [5, 5.41) is 12.7. The molecule has 5 aliphatic rings. The monoisotopic (exact) mass is 880 g/mol. The van der Waals surface area contributed by atoms with Crippen molar-refractivity contribution in [2.45, 2.75) is 116 Å². The Morgan fingerprint density at radius 3 is 2.35 bits per heavy atom. The highest BCUT2D eigenvalue weighted by atomic mass is 16.5. The summed E-state index contributed by atoms with van der Waals surface area (Å²) in [6.07, 6.45) is 5.23. The van der Waals surface area contributed by atoms with Crippen molar-refractivity contribution in [3.63, 3.8) is 0 Å². The maximum Gasteiger partial charge on any atom is 0.262 e. The standard InChI is InChI=1S/C50H56N8O7/c1-27(2)57(30-22-32(23-30)64-31-10-11-33-36(24-31)47(63)58(46(33)62)37-13-16-40(59)55-45(37)61)26-28-17-20-56(21-18-28)39-15-12-35(44(52)60)42(54-39)43-49(3,4)48(50(43,5)6)65-38-14-9-29(25-51)41-34(38)8-7-19-53-41/h7-12,14-15,19,24,27-28,30,32,37,43,48H,13,16-18,20-23,26H2,1-6H3,(H2,52,60)(H,55,59,61)/t30-,32-,37?,43-,48-. The number of carbonyl (C=O) groups excluding carboxylic acids is 5. The SMILES string of the molecule is CC(C)N(CC1CCN(c2ccc(C(N)=O)c([C@H]3C(C)(C)[C@H](Oc4ccc(C#N)c5ncccc45)C3(C)C)n2)CC1)[C@H]1C[C@H](Oc2ccc3c(c2)C(=O)N(C2CCC(=O)NC2=O)C3=O)C1. The molecule has 2 saturated carbocycles. The third kappa shape index (κ3) is 7.65. The summed E-state index contributed by atoms with van der Waals surface area (Å²) in [5.41, 5.74) is 7.80. The third-order valence-electron chi connectivity index (χ3n) is 14.7. The summed E-state index contributed by atoms with van der Waals surface area (Å²) >= 11 is 0. The van der Waals surface area contributed by atoms with Gasteiger partial charge >= 0.3 is 0 Å². The molecular formula is C50H56N8O7. The molecule has 2 aromatic carbocycles. The summed E-state index contributed by atoms with van der Waals surface area (Å²) in [4.78, 5) is 79.2. The first-order chi connectivity index (χ1) is 31.0. The molecule has 1 unspecified atom stereocenters. The lowest BCUT2D eigenvalue weighted by Crippen LogP contribution is -2.64. The first-order valence-corrected chi connectivity index (χ1v) is 22.8. The normalized spacial score (nSPS) is 24.9. The Balaban J connectivity index is 0.818. The Morgan fingerprint density at radius 1 is 0.954 bits per heavy atom. The molecule has 4 aromatic rings. The minimum atomic E-state index is -1.01. The van der Waals surface area contributed by atoms with E-state index in [1.807, 2.05) is 30.3 Å². The zero-order chi connectivity index (χ0) is 46.1. The van der Waals surface area contributed by atoms with E-state index in [2.05, 4.69) is 67.7 Å². The van der Waals surface area contributed by atoms with Crippen molar-refractivity contribution >= 4 is 46.3 Å². The Morgan fingerprint density at radius 2 is 1.68 bits per heavy atom. The maximum atomic E-state index is 13.4. The van der Waals surface area contributed by atoms with E-state index in [-0.39, 0.29) is 42.1 Å². The molecule has 3 N–H and O–H groups in total. The van der Waals surface area contributed by atoms with E-state index in [1.54, 1.807) is 30.5 Å². The second-order valence-corrected chi connectivity index (χ2v) is 19.9. The highest BCUT2D eigenvalue weighted by Gasteiger charge is 2.65. The van der Waals surface area contributed by atoms with E-state index in [9.17, 15) is 29.2 Å². The number of benzene rings is 2. The minimum absolute atomic E-state index is 0.0381. The molecule has 15 heteroatoms. The van der Waals surface area contributed by atoms with Gasteiger partial charge in [0.1, 0.15) is 41.6 Å². The van der Waals surface area contributed by atoms with E-state index >= 15 is 0 Å². The summed E-state index contributed by atoms with van der Waals surface area (Å²) in [6.45, 7) is 15.7. The van der Waals surface area contributed by atoms with E-state index in [0.717, 1.165) is 61.4 Å². The lowest BCUT2D eigenvalue weighted by molar-refractivity contribution is -0.161. The van der Waals surface area contributed by atoms with Crippen molar-refractivity contribution in [1.29, 1.82) is 5.26 Å². The van der Waals surface area contributed by atoms with E-state index in [0.29, 0.717) is 51.8 Å². The van der Waals surface area contributed by atoms with E-state index < -0.39 is 46.4 Å². The molecule has 9 rings (SSSR count). The van der Waals surface area contributed by atoms with E-state index in [4.69, 9.17) is 20.2 Å². The van der Waals surface area contributed by atoms with Crippen LogP contribution in [0.15, 0.2) is 60.8 Å². The van der Waals surface area contributed by atoms with Gasteiger partial charge in [-0.15, -0.1) is 0 Å². The van der Waals surface area contributed by atoms with Crippen molar-refractivity contribution in [1.82, 2.24) is 25.1 Å². The van der Waals surface area contributed by atoms with Crippen molar-refractivity contribution in [3.8, 4) is 17.6 Å². The van der Waals surface area contributed by atoms with Crippen LogP contribution in [-0.2, 0) is 9.59 Å². The van der Waals surface area contributed by atoms with Crippen molar-refractivity contribution in [2.24, 2.45) is 22.5 Å². The number of primary amides is 1. The van der Waals surface area contributed by atoms with Gasteiger partial charge in [-0.25, -0.2) is 4.98 Å². The molecule has 1 atom stereocenters. The number of hydrogen-bond acceptors (Lipinski definition) is 12. The van der Waals surface area contributed by atoms with Gasteiger partial charge in [0.15, 0.2) is 0 Å². The van der Waals surface area contributed by atoms with Gasteiger partial charge in [-0.3, -0.25) is 44.1 Å². The number of ether oxygens (including phenoxy) is 2. The number of piperidine rings is 2. The highest BCUT2D eigenvalue weighted by Crippen LogP contribution is 2.65. The molecule has 15 nitrogen and oxygen atoms in total. The number of aromatic nitrogens is 2. The second-order valence-electron chi connectivity index (χ2n) is 19.9. The van der Waals surface area contributed by atoms with Gasteiger partial charge < -0.3 is 20.1 Å². The number of amides is 5. The van der Waals surface area contributed by atoms with Crippen LogP contribution in [0.3, 0.4) is 0 Å². The number of nitrogens with one attached hydrogen (secondary N) is 1. The predicted octanol–water partition coefficient (Wildman–Crippen LogP) is 6.14. The van der Waals surface area contributed by atoms with Gasteiger partial charge in [0.25, 0.3) is 17.7 Å². The Labute approximate surface area is 378 Å². The fourth-order valence-corrected chi connectivity index (χ4v) is 11.7. The summed E-state index contributed by atoms with van der Waals surface area (Å²) in [5.74, 6) is -0.280. The number of imide groups is 2. The average Bonchev–Trinajstić information content (AvgIpc) is 3.50. The van der Waals surface area contributed by atoms with Crippen LogP contribution >= 0.6 is 0 Å². The van der Waals surface area contributed by atoms with E-state index in [1.165, 1.54) is 0 Å². The van der Waals surface area contributed by atoms with Gasteiger partial charge in [0, 0.05) is 79.3 Å². The fourth-order valence-electron chi connectivity index (χ4n) is 11.7. The molecule has 5 heterocycles. The number of hydrogen-bond donors (Lipinski definition) is 2. The number of nitriles is 1. The van der Waals surface area contributed by atoms with Crippen LogP contribution in [0.25, 0.3) is 10.9 Å². The molecule has 0 bridgehead atoms. The number of anilines is 1. The summed E-state index contributed by atoms with van der Waals surface area (Å²) in [7, 11) is 0. The van der Waals surface area contributed by atoms with Crippen LogP contribution in [0.5, 0.6) is 11.5 Å². The lowest BCUT2D eigenvalue weighted by Gasteiger charge is -2.63. The van der Waals surface area contributed by atoms with Gasteiger partial charge in [0.2, 0.25) is 11.8 Å². The molecule has 0 spiro atoms. The average molecular weight is 881 g/mol. The van der Waals surface area contributed by atoms with Gasteiger partial charge in [0.05, 0.1) is 33.5 Å². The molecule has 0 radical (unpaired) electrons. The van der Waals surface area contributed by atoms with Crippen molar-refractivity contribution in [3.05, 3.63) is 88.7 Å². The largest absolute Gasteiger partial charge is 0.490 e. The van der Waals surface area contributed by atoms with Crippen LogP contribution in [0, 0.1) is 28.1 Å². The predicted molar refractivity (Wildman–Crippen MR) is 241 cm³/mol. The lowest BCUT2D eigenvalue weighted by atomic mass is 9.44. The van der Waals surface area contributed by atoms with Crippen LogP contribution < -0.4 is 25.4 Å². The number of rotatable bonds is 12. The zero-order valence-electron chi connectivity index (χ0n) is 37.8. The molecule has 65 heavy (non-hydrogen) atoms. The Bertz CT molecular complexity index is 2640. The number of carbonyl (C=O) groups is 5. The molecule has 2 saturated heterocycles. The topological polar surface area (TPSA) is 201 Å². The quantitative estimate of drug-likeness (QED) is 0.154. The van der Waals surface area contributed by atoms with Crippen LogP contribution in [-0.4, -0.2) is 99.3 Å². The van der Waals surface area contributed by atoms with Gasteiger partial charge in [-0.2, -0.15) is 5.26 Å². The number of nitrogens with two attached hydrogens (primary N) is 1. The van der Waals surface area contributed by atoms with Crippen LogP contribution in [0.2, 0.25) is 0 Å².